The van der Waals surface area contributed by atoms with E-state index in [-0.39, 0.29) is 12.6 Å². The molecule has 0 aliphatic carbocycles. The summed E-state index contributed by atoms with van der Waals surface area (Å²) in [5.74, 6) is -0.962. The third-order valence-corrected chi connectivity index (χ3v) is 3.68. The summed E-state index contributed by atoms with van der Waals surface area (Å²) in [5, 5.41) is 2.36. The molecule has 25 heavy (non-hydrogen) atoms. The minimum atomic E-state index is -4.97. The van der Waals surface area contributed by atoms with Crippen molar-refractivity contribution in [3.8, 4) is 0 Å². The summed E-state index contributed by atoms with van der Waals surface area (Å²) in [6, 6.07) is 0.848. The summed E-state index contributed by atoms with van der Waals surface area (Å²) in [6.07, 6.45) is -9.41. The Balaban J connectivity index is 2.87. The van der Waals surface area contributed by atoms with Crippen molar-refractivity contribution >= 4 is 5.91 Å². The second-order valence-corrected chi connectivity index (χ2v) is 5.43. The molecule has 142 valence electrons. The van der Waals surface area contributed by atoms with Crippen LogP contribution in [0.15, 0.2) is 18.2 Å². The Morgan fingerprint density at radius 2 is 1.44 bits per heavy atom. The Kier molecular flexibility index (Phi) is 7.28. The van der Waals surface area contributed by atoms with Gasteiger partial charge in [-0.05, 0) is 44.3 Å². The van der Waals surface area contributed by atoms with E-state index in [0.29, 0.717) is 25.1 Å². The van der Waals surface area contributed by atoms with Gasteiger partial charge >= 0.3 is 12.4 Å². The van der Waals surface area contributed by atoms with E-state index in [1.54, 1.807) is 0 Å². The van der Waals surface area contributed by atoms with Crippen LogP contribution in [-0.2, 0) is 12.4 Å². The first-order valence-corrected chi connectivity index (χ1v) is 7.79. The summed E-state index contributed by atoms with van der Waals surface area (Å²) in [4.78, 5) is 14.0. The van der Waals surface area contributed by atoms with Crippen LogP contribution in [-0.4, -0.2) is 37.0 Å². The van der Waals surface area contributed by atoms with Gasteiger partial charge in [0.15, 0.2) is 0 Å². The summed E-state index contributed by atoms with van der Waals surface area (Å²) in [5.41, 5.74) is -3.67. The van der Waals surface area contributed by atoms with Crippen molar-refractivity contribution in [3.63, 3.8) is 0 Å². The van der Waals surface area contributed by atoms with E-state index in [1.807, 2.05) is 13.8 Å². The van der Waals surface area contributed by atoms with Crippen molar-refractivity contribution in [2.75, 3.05) is 26.2 Å². The van der Waals surface area contributed by atoms with E-state index >= 15 is 0 Å². The van der Waals surface area contributed by atoms with Crippen molar-refractivity contribution in [3.05, 3.63) is 34.9 Å². The van der Waals surface area contributed by atoms with Crippen LogP contribution in [0.1, 0.15) is 41.8 Å². The van der Waals surface area contributed by atoms with Crippen molar-refractivity contribution in [1.29, 1.82) is 0 Å². The van der Waals surface area contributed by atoms with Crippen LogP contribution < -0.4 is 5.32 Å². The van der Waals surface area contributed by atoms with Crippen molar-refractivity contribution in [2.24, 2.45) is 0 Å². The van der Waals surface area contributed by atoms with Crippen LogP contribution >= 0.6 is 0 Å². The first-order valence-electron chi connectivity index (χ1n) is 7.79. The van der Waals surface area contributed by atoms with Gasteiger partial charge in [-0.2, -0.15) is 26.3 Å². The standard InChI is InChI=1S/C16H20F6N2O/c1-3-24(4-2)7-5-6-23-14(25)11-8-12(15(17,18)19)10-13(9-11)16(20,21)22/h8-10H,3-7H2,1-2H3,(H,23,25). The Hall–Kier alpha value is -1.77. The number of nitrogens with one attached hydrogen (secondary N) is 1. The van der Waals surface area contributed by atoms with Gasteiger partial charge in [-0.1, -0.05) is 13.8 Å². The number of rotatable bonds is 7. The summed E-state index contributed by atoms with van der Waals surface area (Å²) in [6.45, 7) is 6.38. The number of carbonyl (C=O) groups is 1. The number of benzene rings is 1. The molecule has 0 saturated carbocycles. The van der Waals surface area contributed by atoms with Crippen molar-refractivity contribution < 1.29 is 31.1 Å². The highest BCUT2D eigenvalue weighted by atomic mass is 19.4. The molecule has 0 radical (unpaired) electrons. The lowest BCUT2D eigenvalue weighted by atomic mass is 10.0. The first-order chi connectivity index (χ1) is 11.5. The molecule has 1 aromatic rings. The quantitative estimate of drug-likeness (QED) is 0.577. The lowest BCUT2D eigenvalue weighted by molar-refractivity contribution is -0.143. The van der Waals surface area contributed by atoms with Gasteiger partial charge in [0, 0.05) is 12.1 Å². The second-order valence-electron chi connectivity index (χ2n) is 5.43. The molecule has 1 aromatic carbocycles. The zero-order chi connectivity index (χ0) is 19.3. The van der Waals surface area contributed by atoms with Crippen LogP contribution in [0.5, 0.6) is 0 Å². The Bertz CT molecular complexity index is 547. The number of amides is 1. The normalized spacial score (nSPS) is 12.5. The highest BCUT2D eigenvalue weighted by molar-refractivity contribution is 5.94. The Labute approximate surface area is 142 Å². The lowest BCUT2D eigenvalue weighted by Gasteiger charge is -2.18. The molecule has 1 N–H and O–H groups in total. The lowest BCUT2D eigenvalue weighted by Crippen LogP contribution is -2.30. The maximum Gasteiger partial charge on any atom is 0.416 e. The SMILES string of the molecule is CCN(CC)CCCNC(=O)c1cc(C(F)(F)F)cc(C(F)(F)F)c1. The number of alkyl halides is 6. The fourth-order valence-corrected chi connectivity index (χ4v) is 2.23. The van der Waals surface area contributed by atoms with Gasteiger partial charge in [0.05, 0.1) is 11.1 Å². The summed E-state index contributed by atoms with van der Waals surface area (Å²) >= 11 is 0. The molecular weight excluding hydrogens is 350 g/mol. The van der Waals surface area contributed by atoms with Gasteiger partial charge < -0.3 is 10.2 Å². The van der Waals surface area contributed by atoms with E-state index in [2.05, 4.69) is 10.2 Å². The molecule has 0 aliphatic heterocycles. The topological polar surface area (TPSA) is 32.3 Å². The molecule has 9 heteroatoms. The largest absolute Gasteiger partial charge is 0.416 e. The average molecular weight is 370 g/mol. The Morgan fingerprint density at radius 1 is 0.960 bits per heavy atom. The monoisotopic (exact) mass is 370 g/mol. The van der Waals surface area contributed by atoms with E-state index in [9.17, 15) is 31.1 Å². The minimum absolute atomic E-state index is 0.00282. The molecule has 0 atom stereocenters. The van der Waals surface area contributed by atoms with Gasteiger partial charge in [0.25, 0.3) is 5.91 Å². The van der Waals surface area contributed by atoms with Gasteiger partial charge in [-0.15, -0.1) is 0 Å². The zero-order valence-corrected chi connectivity index (χ0v) is 13.9. The van der Waals surface area contributed by atoms with E-state index in [4.69, 9.17) is 0 Å². The van der Waals surface area contributed by atoms with E-state index in [1.165, 1.54) is 0 Å². The van der Waals surface area contributed by atoms with Gasteiger partial charge in [0.1, 0.15) is 0 Å². The molecular formula is C16H20F6N2O. The number of halogens is 6. The van der Waals surface area contributed by atoms with Gasteiger partial charge in [-0.3, -0.25) is 4.79 Å². The number of hydrogen-bond donors (Lipinski definition) is 1. The highest BCUT2D eigenvalue weighted by Gasteiger charge is 2.37. The minimum Gasteiger partial charge on any atom is -0.352 e. The second kappa shape index (κ2) is 8.55. The molecule has 0 saturated heterocycles. The molecule has 0 aliphatic rings. The predicted molar refractivity (Wildman–Crippen MR) is 81.2 cm³/mol. The maximum atomic E-state index is 12.8. The smallest absolute Gasteiger partial charge is 0.352 e. The number of hydrogen-bond acceptors (Lipinski definition) is 2. The first kappa shape index (κ1) is 21.3. The highest BCUT2D eigenvalue weighted by Crippen LogP contribution is 2.36. The van der Waals surface area contributed by atoms with E-state index < -0.39 is 35.0 Å². The third-order valence-electron chi connectivity index (χ3n) is 3.68. The van der Waals surface area contributed by atoms with Crippen LogP contribution in [0, 0.1) is 0 Å². The zero-order valence-electron chi connectivity index (χ0n) is 13.9. The van der Waals surface area contributed by atoms with E-state index in [0.717, 1.165) is 13.1 Å². The number of carbonyl (C=O) groups excluding carboxylic acids is 1. The maximum absolute atomic E-state index is 12.8. The fraction of sp³-hybridized carbons (Fsp3) is 0.562. The number of nitrogens with zero attached hydrogens (tertiary/aromatic N) is 1. The average Bonchev–Trinajstić information content (AvgIpc) is 2.52. The van der Waals surface area contributed by atoms with Crippen LogP contribution in [0.2, 0.25) is 0 Å². The fourth-order valence-electron chi connectivity index (χ4n) is 2.23. The summed E-state index contributed by atoms with van der Waals surface area (Å²) < 4.78 is 76.6. The Morgan fingerprint density at radius 3 is 1.84 bits per heavy atom. The molecule has 1 amide bonds. The molecule has 0 unspecified atom stereocenters. The van der Waals surface area contributed by atoms with Crippen molar-refractivity contribution in [2.45, 2.75) is 32.6 Å². The molecule has 0 spiro atoms. The van der Waals surface area contributed by atoms with Crippen LogP contribution in [0.4, 0.5) is 26.3 Å². The summed E-state index contributed by atoms with van der Waals surface area (Å²) in [7, 11) is 0. The molecule has 0 heterocycles. The molecule has 0 aromatic heterocycles. The van der Waals surface area contributed by atoms with Crippen LogP contribution in [0.3, 0.4) is 0 Å². The predicted octanol–water partition coefficient (Wildman–Crippen LogP) is 4.19. The molecule has 3 nitrogen and oxygen atoms in total. The van der Waals surface area contributed by atoms with Gasteiger partial charge in [0.2, 0.25) is 0 Å². The third kappa shape index (κ3) is 6.56. The van der Waals surface area contributed by atoms with Crippen molar-refractivity contribution in [1.82, 2.24) is 10.2 Å². The van der Waals surface area contributed by atoms with Crippen LogP contribution in [0.25, 0.3) is 0 Å². The molecule has 0 fully saturated rings. The van der Waals surface area contributed by atoms with Gasteiger partial charge in [-0.25, -0.2) is 0 Å². The molecule has 1 rings (SSSR count). The molecule has 0 bridgehead atoms.